The summed E-state index contributed by atoms with van der Waals surface area (Å²) in [5, 5.41) is 11.4. The molecule has 0 saturated heterocycles. The maximum absolute atomic E-state index is 12.5. The van der Waals surface area contributed by atoms with E-state index in [1.807, 2.05) is 0 Å². The average Bonchev–Trinajstić information content (AvgIpc) is 2.33. The number of halogens is 3. The van der Waals surface area contributed by atoms with E-state index in [9.17, 15) is 18.0 Å². The molecule has 0 atom stereocenters. The molecule has 3 N–H and O–H groups in total. The molecule has 0 spiro atoms. The fourth-order valence-electron chi connectivity index (χ4n) is 1.31. The minimum Gasteiger partial charge on any atom is -0.370 e. The first kappa shape index (κ1) is 14.8. The van der Waals surface area contributed by atoms with Gasteiger partial charge in [-0.2, -0.15) is 18.4 Å². The molecule has 0 bridgehead atoms. The topological polar surface area (TPSA) is 91.8 Å². The molecule has 0 fully saturated rings. The molecule has 1 amide bonds. The molecule has 5 nitrogen and oxygen atoms in total. The van der Waals surface area contributed by atoms with Gasteiger partial charge in [-0.3, -0.25) is 4.79 Å². The number of nitriles is 1. The van der Waals surface area contributed by atoms with E-state index in [1.54, 1.807) is 6.07 Å². The molecule has 1 heterocycles. The molecule has 0 aliphatic carbocycles. The van der Waals surface area contributed by atoms with E-state index in [2.05, 4.69) is 10.3 Å². The minimum absolute atomic E-state index is 0.00655. The van der Waals surface area contributed by atoms with Gasteiger partial charge in [0, 0.05) is 13.0 Å². The van der Waals surface area contributed by atoms with Crippen LogP contribution in [0.15, 0.2) is 12.1 Å². The minimum atomic E-state index is -4.57. The molecule has 0 aliphatic heterocycles. The molecule has 0 radical (unpaired) electrons. The van der Waals surface area contributed by atoms with E-state index < -0.39 is 17.8 Å². The van der Waals surface area contributed by atoms with E-state index in [4.69, 9.17) is 11.0 Å². The second-order valence-electron chi connectivity index (χ2n) is 3.70. The third-order valence-corrected chi connectivity index (χ3v) is 2.20. The smallest absolute Gasteiger partial charge is 0.370 e. The Kier molecular flexibility index (Phi) is 4.69. The molecule has 1 aromatic heterocycles. The number of anilines is 1. The molecule has 0 aromatic carbocycles. The van der Waals surface area contributed by atoms with Crippen LogP contribution in [0.2, 0.25) is 0 Å². The van der Waals surface area contributed by atoms with E-state index in [0.717, 1.165) is 12.1 Å². The number of aromatic nitrogens is 1. The molecule has 0 unspecified atom stereocenters. The molecular formula is C11H11F3N4O. The highest BCUT2D eigenvalue weighted by Crippen LogP contribution is 2.29. The number of hydrogen-bond donors (Lipinski definition) is 2. The van der Waals surface area contributed by atoms with Crippen LogP contribution in [0.5, 0.6) is 0 Å². The maximum Gasteiger partial charge on any atom is 0.433 e. The first-order valence-electron chi connectivity index (χ1n) is 5.35. The van der Waals surface area contributed by atoms with Gasteiger partial charge >= 0.3 is 6.18 Å². The number of primary amides is 1. The van der Waals surface area contributed by atoms with E-state index in [0.29, 0.717) is 6.42 Å². The van der Waals surface area contributed by atoms with Crippen LogP contribution in [0.3, 0.4) is 0 Å². The van der Waals surface area contributed by atoms with E-state index in [-0.39, 0.29) is 24.3 Å². The van der Waals surface area contributed by atoms with Crippen LogP contribution in [0.1, 0.15) is 24.1 Å². The predicted octanol–water partition coefficient (Wildman–Crippen LogP) is 1.65. The number of amides is 1. The lowest BCUT2D eigenvalue weighted by Gasteiger charge is -2.10. The summed E-state index contributed by atoms with van der Waals surface area (Å²) < 4.78 is 37.4. The number of carbonyl (C=O) groups is 1. The predicted molar refractivity (Wildman–Crippen MR) is 60.9 cm³/mol. The van der Waals surface area contributed by atoms with Gasteiger partial charge in [-0.25, -0.2) is 4.98 Å². The van der Waals surface area contributed by atoms with Gasteiger partial charge in [0.2, 0.25) is 5.91 Å². The Morgan fingerprint density at radius 2 is 2.16 bits per heavy atom. The largest absolute Gasteiger partial charge is 0.433 e. The van der Waals surface area contributed by atoms with E-state index >= 15 is 0 Å². The summed E-state index contributed by atoms with van der Waals surface area (Å²) in [5.74, 6) is -0.652. The van der Waals surface area contributed by atoms with Gasteiger partial charge in [0.1, 0.15) is 17.6 Å². The van der Waals surface area contributed by atoms with Crippen molar-refractivity contribution < 1.29 is 18.0 Å². The Balaban J connectivity index is 2.80. The first-order chi connectivity index (χ1) is 8.84. The van der Waals surface area contributed by atoms with E-state index in [1.165, 1.54) is 0 Å². The van der Waals surface area contributed by atoms with Crippen LogP contribution in [0, 0.1) is 11.3 Å². The van der Waals surface area contributed by atoms with Crippen LogP contribution in [-0.2, 0) is 11.0 Å². The number of alkyl halides is 3. The third-order valence-electron chi connectivity index (χ3n) is 2.20. The fourth-order valence-corrected chi connectivity index (χ4v) is 1.31. The molecule has 8 heteroatoms. The summed E-state index contributed by atoms with van der Waals surface area (Å²) in [7, 11) is 0. The summed E-state index contributed by atoms with van der Waals surface area (Å²) in [6, 6.07) is 3.53. The highest BCUT2D eigenvalue weighted by molar-refractivity contribution is 5.73. The lowest BCUT2D eigenvalue weighted by molar-refractivity contribution is -0.141. The number of carbonyl (C=O) groups excluding carboxylic acids is 1. The zero-order chi connectivity index (χ0) is 14.5. The van der Waals surface area contributed by atoms with Gasteiger partial charge in [0.25, 0.3) is 0 Å². The monoisotopic (exact) mass is 272 g/mol. The van der Waals surface area contributed by atoms with Gasteiger partial charge in [0.05, 0.1) is 5.56 Å². The highest BCUT2D eigenvalue weighted by Gasteiger charge is 2.33. The summed E-state index contributed by atoms with van der Waals surface area (Å²) in [4.78, 5) is 13.9. The Labute approximate surface area is 107 Å². The second-order valence-corrected chi connectivity index (χ2v) is 3.70. The maximum atomic E-state index is 12.5. The number of nitrogens with two attached hydrogens (primary N) is 1. The Bertz CT molecular complexity index is 508. The molecule has 0 aliphatic rings. The molecule has 102 valence electrons. The summed E-state index contributed by atoms with van der Waals surface area (Å²) >= 11 is 0. The van der Waals surface area contributed by atoms with Crippen molar-refractivity contribution in [3.8, 4) is 6.07 Å². The van der Waals surface area contributed by atoms with Crippen molar-refractivity contribution >= 4 is 11.7 Å². The van der Waals surface area contributed by atoms with Crippen LogP contribution in [0.4, 0.5) is 19.0 Å². The number of hydrogen-bond acceptors (Lipinski definition) is 4. The number of pyridine rings is 1. The van der Waals surface area contributed by atoms with Crippen LogP contribution in [0.25, 0.3) is 0 Å². The normalized spacial score (nSPS) is 10.8. The molecule has 1 rings (SSSR count). The Morgan fingerprint density at radius 3 is 2.68 bits per heavy atom. The van der Waals surface area contributed by atoms with Crippen molar-refractivity contribution in [2.45, 2.75) is 19.0 Å². The molecule has 19 heavy (non-hydrogen) atoms. The quantitative estimate of drug-likeness (QED) is 0.797. The number of nitrogens with one attached hydrogen (secondary N) is 1. The Hall–Kier alpha value is -2.30. The van der Waals surface area contributed by atoms with Gasteiger partial charge in [-0.1, -0.05) is 0 Å². The first-order valence-corrected chi connectivity index (χ1v) is 5.35. The van der Waals surface area contributed by atoms with Gasteiger partial charge in [0.15, 0.2) is 0 Å². The lowest BCUT2D eigenvalue weighted by atomic mass is 10.2. The third kappa shape index (κ3) is 4.46. The van der Waals surface area contributed by atoms with Crippen LogP contribution >= 0.6 is 0 Å². The molecule has 1 aromatic rings. The molecular weight excluding hydrogens is 261 g/mol. The van der Waals surface area contributed by atoms with Crippen LogP contribution in [-0.4, -0.2) is 17.4 Å². The van der Waals surface area contributed by atoms with Crippen molar-refractivity contribution in [3.63, 3.8) is 0 Å². The lowest BCUT2D eigenvalue weighted by Crippen LogP contribution is -2.15. The van der Waals surface area contributed by atoms with Crippen molar-refractivity contribution in [2.24, 2.45) is 5.73 Å². The summed E-state index contributed by atoms with van der Waals surface area (Å²) in [6.45, 7) is 0.200. The fraction of sp³-hybridized carbons (Fsp3) is 0.364. The van der Waals surface area contributed by atoms with Crippen molar-refractivity contribution in [1.29, 1.82) is 5.26 Å². The van der Waals surface area contributed by atoms with Gasteiger partial charge in [-0.05, 0) is 18.6 Å². The zero-order valence-corrected chi connectivity index (χ0v) is 9.79. The van der Waals surface area contributed by atoms with Crippen molar-refractivity contribution in [2.75, 3.05) is 11.9 Å². The van der Waals surface area contributed by atoms with Gasteiger partial charge in [-0.15, -0.1) is 0 Å². The average molecular weight is 272 g/mol. The zero-order valence-electron chi connectivity index (χ0n) is 9.79. The SMILES string of the molecule is N#Cc1ccc(C(F)(F)F)nc1NCCCC(N)=O. The molecule has 0 saturated carbocycles. The van der Waals surface area contributed by atoms with Crippen LogP contribution < -0.4 is 11.1 Å². The Morgan fingerprint density at radius 1 is 1.47 bits per heavy atom. The van der Waals surface area contributed by atoms with Crippen molar-refractivity contribution in [3.05, 3.63) is 23.4 Å². The van der Waals surface area contributed by atoms with Gasteiger partial charge < -0.3 is 11.1 Å². The second kappa shape index (κ2) is 6.04. The highest BCUT2D eigenvalue weighted by atomic mass is 19.4. The summed E-state index contributed by atoms with van der Waals surface area (Å²) in [5.41, 5.74) is 3.85. The number of nitrogens with zero attached hydrogens (tertiary/aromatic N) is 2. The summed E-state index contributed by atoms with van der Waals surface area (Å²) in [6.07, 6.45) is -4.12. The van der Waals surface area contributed by atoms with Crippen molar-refractivity contribution in [1.82, 2.24) is 4.98 Å². The standard InChI is InChI=1S/C11H11F3N4O/c12-11(13,14)8-4-3-7(6-15)10(18-8)17-5-1-2-9(16)19/h3-4H,1-2,5H2,(H2,16,19)(H,17,18). The number of rotatable bonds is 5.